The quantitative estimate of drug-likeness (QED) is 0.153. The number of para-hydroxylation sites is 2. The van der Waals surface area contributed by atoms with Crippen LogP contribution in [0.3, 0.4) is 0 Å². The Balaban J connectivity index is 0.860. The number of hydrogen-bond donors (Lipinski definition) is 0. The van der Waals surface area contributed by atoms with Gasteiger partial charge in [-0.05, 0) is 106 Å². The Morgan fingerprint density at radius 1 is 0.288 bits per heavy atom. The summed E-state index contributed by atoms with van der Waals surface area (Å²) in [5.41, 5.74) is 15.7. The first-order chi connectivity index (χ1) is 32.7. The van der Waals surface area contributed by atoms with Crippen LogP contribution < -0.4 is 0 Å². The van der Waals surface area contributed by atoms with Crippen LogP contribution >= 0.6 is 23.1 Å². The Labute approximate surface area is 388 Å². The van der Waals surface area contributed by atoms with Crippen molar-refractivity contribution in [2.24, 2.45) is 0 Å². The number of rotatable bonds is 8. The first-order valence-electron chi connectivity index (χ1n) is 21.9. The molecule has 13 aromatic rings. The first-order valence-corrected chi connectivity index (χ1v) is 23.4. The highest BCUT2D eigenvalue weighted by molar-refractivity contribution is 7.09. The van der Waals surface area contributed by atoms with Gasteiger partial charge in [0.25, 0.3) is 0 Å². The van der Waals surface area contributed by atoms with Gasteiger partial charge in [-0.15, -0.1) is 0 Å². The average Bonchev–Trinajstić information content (AvgIpc) is 4.22. The van der Waals surface area contributed by atoms with Gasteiger partial charge in [-0.1, -0.05) is 158 Å². The van der Waals surface area contributed by atoms with Crippen LogP contribution in [0, 0.1) is 0 Å². The van der Waals surface area contributed by atoms with Gasteiger partial charge in [0.1, 0.15) is 10.0 Å². The molecule has 0 aliphatic rings. The standard InChI is InChI=1S/C58H36N6S2/c1-3-13-39(14-4-1)55-59-57(65-61-55)43-19-11-17-41(35-43)37-25-29-45(30-26-37)63-49-23-9-7-21-47(49)53-51(63)33-34-52-54(53)48-22-8-10-24-50(48)64(52)46-31-27-38(28-32-46)42-18-12-20-44(36-42)58-60-56(62-66-58)40-15-5-2-6-16-40/h1-36H. The van der Waals surface area contributed by atoms with E-state index < -0.39 is 0 Å². The van der Waals surface area contributed by atoms with E-state index in [1.807, 2.05) is 60.7 Å². The van der Waals surface area contributed by atoms with E-state index in [1.54, 1.807) is 0 Å². The molecule has 4 heterocycles. The fourth-order valence-electron chi connectivity index (χ4n) is 9.43. The van der Waals surface area contributed by atoms with Gasteiger partial charge in [0.2, 0.25) is 0 Å². The van der Waals surface area contributed by atoms with Crippen molar-refractivity contribution in [3.05, 3.63) is 218 Å². The van der Waals surface area contributed by atoms with E-state index >= 15 is 0 Å². The van der Waals surface area contributed by atoms with E-state index in [2.05, 4.69) is 176 Å². The molecule has 0 unspecified atom stereocenters. The summed E-state index contributed by atoms with van der Waals surface area (Å²) >= 11 is 2.87. The predicted octanol–water partition coefficient (Wildman–Crippen LogP) is 15.6. The Morgan fingerprint density at radius 3 is 1.11 bits per heavy atom. The van der Waals surface area contributed by atoms with Crippen LogP contribution in [0.1, 0.15) is 0 Å². The van der Waals surface area contributed by atoms with Gasteiger partial charge in [-0.25, -0.2) is 9.97 Å². The van der Waals surface area contributed by atoms with Crippen LogP contribution in [0.5, 0.6) is 0 Å². The smallest absolute Gasteiger partial charge is 0.173 e. The average molecular weight is 881 g/mol. The number of benzene rings is 9. The minimum atomic E-state index is 0.759. The van der Waals surface area contributed by atoms with E-state index in [4.69, 9.17) is 9.97 Å². The highest BCUT2D eigenvalue weighted by Gasteiger charge is 2.21. The molecule has 0 saturated carbocycles. The molecule has 13 rings (SSSR count). The van der Waals surface area contributed by atoms with Crippen molar-refractivity contribution < 1.29 is 0 Å². The van der Waals surface area contributed by atoms with Crippen LogP contribution in [0.25, 0.3) is 121 Å². The molecule has 4 aromatic heterocycles. The summed E-state index contributed by atoms with van der Waals surface area (Å²) in [6, 6.07) is 77.6. The molecule has 66 heavy (non-hydrogen) atoms. The van der Waals surface area contributed by atoms with E-state index in [0.29, 0.717) is 0 Å². The largest absolute Gasteiger partial charge is 0.309 e. The van der Waals surface area contributed by atoms with Gasteiger partial charge in [0.05, 0.1) is 22.1 Å². The van der Waals surface area contributed by atoms with Crippen molar-refractivity contribution in [2.75, 3.05) is 0 Å². The molecule has 0 radical (unpaired) electrons. The van der Waals surface area contributed by atoms with E-state index in [-0.39, 0.29) is 0 Å². The van der Waals surface area contributed by atoms with Crippen molar-refractivity contribution in [3.8, 4) is 77.5 Å². The molecule has 0 spiro atoms. The molecule has 310 valence electrons. The van der Waals surface area contributed by atoms with Gasteiger partial charge in [0.15, 0.2) is 11.6 Å². The Morgan fingerprint density at radius 2 is 0.667 bits per heavy atom. The lowest BCUT2D eigenvalue weighted by molar-refractivity contribution is 1.17. The van der Waals surface area contributed by atoms with Crippen LogP contribution in [-0.4, -0.2) is 27.8 Å². The SMILES string of the molecule is c1ccc(-c2nsc(-c3cccc(-c4ccc(-n5c6ccccc6c6c7c8ccccc8n(-c8ccc(-c9cccc(-c%10nc(-c%11ccccc%11)ns%10)c9)cc8)c7ccc65)cc4)c3)n2)cc1. The highest BCUT2D eigenvalue weighted by atomic mass is 32.1. The summed E-state index contributed by atoms with van der Waals surface area (Å²) in [7, 11) is 0. The molecule has 9 aromatic carbocycles. The zero-order chi connectivity index (χ0) is 43.6. The monoisotopic (exact) mass is 880 g/mol. The summed E-state index contributed by atoms with van der Waals surface area (Å²) in [4.78, 5) is 9.77. The van der Waals surface area contributed by atoms with Crippen molar-refractivity contribution in [2.45, 2.75) is 0 Å². The molecular formula is C58H36N6S2. The van der Waals surface area contributed by atoms with Crippen molar-refractivity contribution >= 4 is 66.7 Å². The van der Waals surface area contributed by atoms with Crippen molar-refractivity contribution in [3.63, 3.8) is 0 Å². The molecule has 8 heteroatoms. The third-order valence-electron chi connectivity index (χ3n) is 12.5. The molecule has 0 atom stereocenters. The van der Waals surface area contributed by atoms with Gasteiger partial charge < -0.3 is 9.13 Å². The maximum absolute atomic E-state index is 4.88. The van der Waals surface area contributed by atoms with Gasteiger partial charge in [-0.3, -0.25) is 0 Å². The molecule has 0 aliphatic heterocycles. The normalized spacial score (nSPS) is 11.6. The minimum Gasteiger partial charge on any atom is -0.309 e. The maximum atomic E-state index is 4.88. The second-order valence-electron chi connectivity index (χ2n) is 16.4. The Bertz CT molecular complexity index is 3660. The second kappa shape index (κ2) is 15.7. The summed E-state index contributed by atoms with van der Waals surface area (Å²) in [6.45, 7) is 0. The molecular weight excluding hydrogens is 845 g/mol. The lowest BCUT2D eigenvalue weighted by Crippen LogP contribution is -1.95. The highest BCUT2D eigenvalue weighted by Crippen LogP contribution is 2.43. The van der Waals surface area contributed by atoms with Gasteiger partial charge >= 0.3 is 0 Å². The van der Waals surface area contributed by atoms with E-state index in [9.17, 15) is 0 Å². The van der Waals surface area contributed by atoms with Crippen LogP contribution in [-0.2, 0) is 0 Å². The molecule has 0 bridgehead atoms. The van der Waals surface area contributed by atoms with Crippen LogP contribution in [0.4, 0.5) is 0 Å². The zero-order valence-corrected chi connectivity index (χ0v) is 36.9. The predicted molar refractivity (Wildman–Crippen MR) is 275 cm³/mol. The van der Waals surface area contributed by atoms with Gasteiger partial charge in [0, 0.05) is 55.2 Å². The molecule has 0 amide bonds. The Hall–Kier alpha value is -8.30. The van der Waals surface area contributed by atoms with Crippen molar-refractivity contribution in [1.29, 1.82) is 0 Å². The first kappa shape index (κ1) is 38.2. The topological polar surface area (TPSA) is 61.4 Å². The third-order valence-corrected chi connectivity index (χ3v) is 14.1. The lowest BCUT2D eigenvalue weighted by atomic mass is 10.0. The third kappa shape index (κ3) is 6.45. The molecule has 0 fully saturated rings. The number of fused-ring (bicyclic) bond motifs is 7. The molecule has 0 aliphatic carbocycles. The maximum Gasteiger partial charge on any atom is 0.173 e. The van der Waals surface area contributed by atoms with Crippen molar-refractivity contribution in [1.82, 2.24) is 27.8 Å². The van der Waals surface area contributed by atoms with E-state index in [1.165, 1.54) is 66.7 Å². The fourth-order valence-corrected chi connectivity index (χ4v) is 10.8. The number of hydrogen-bond acceptors (Lipinski definition) is 6. The van der Waals surface area contributed by atoms with Crippen LogP contribution in [0.15, 0.2) is 218 Å². The zero-order valence-electron chi connectivity index (χ0n) is 35.3. The summed E-state index contributed by atoms with van der Waals surface area (Å²) in [5, 5.41) is 6.78. The molecule has 6 nitrogen and oxygen atoms in total. The number of nitrogens with zero attached hydrogens (tertiary/aromatic N) is 6. The molecule has 0 N–H and O–H groups in total. The number of aromatic nitrogens is 6. The molecule has 0 saturated heterocycles. The lowest BCUT2D eigenvalue weighted by Gasteiger charge is -2.11. The van der Waals surface area contributed by atoms with E-state index in [0.717, 1.165) is 77.5 Å². The summed E-state index contributed by atoms with van der Waals surface area (Å²) < 4.78 is 14.1. The second-order valence-corrected chi connectivity index (χ2v) is 17.9. The summed E-state index contributed by atoms with van der Waals surface area (Å²) in [5.74, 6) is 1.52. The van der Waals surface area contributed by atoms with Crippen LogP contribution in [0.2, 0.25) is 0 Å². The van der Waals surface area contributed by atoms with Gasteiger partial charge in [-0.2, -0.15) is 8.75 Å². The summed E-state index contributed by atoms with van der Waals surface area (Å²) in [6.07, 6.45) is 0. The fraction of sp³-hybridized carbons (Fsp3) is 0. The minimum absolute atomic E-state index is 0.759. The Kier molecular flexibility index (Phi) is 9.11.